The molecule has 0 aliphatic carbocycles. The van der Waals surface area contributed by atoms with Crippen LogP contribution in [-0.2, 0) is 30.4 Å². The third-order valence-electron chi connectivity index (χ3n) is 4.54. The van der Waals surface area contributed by atoms with Crippen molar-refractivity contribution in [1.82, 2.24) is 0 Å². The highest BCUT2D eigenvalue weighted by molar-refractivity contribution is 5.94. The number of hydrogen-bond donors (Lipinski definition) is 3. The van der Waals surface area contributed by atoms with Gasteiger partial charge in [-0.3, -0.25) is 4.79 Å². The van der Waals surface area contributed by atoms with Gasteiger partial charge in [0.25, 0.3) is 0 Å². The average Bonchev–Trinajstić information content (AvgIpc) is 2.75. The molecule has 0 unspecified atom stereocenters. The number of anilines is 2. The zero-order valence-corrected chi connectivity index (χ0v) is 17.4. The van der Waals surface area contributed by atoms with Crippen LogP contribution in [0.1, 0.15) is 41.3 Å². The molecular formula is C22H26N2O7. The number of carbonyl (C=O) groups is 3. The van der Waals surface area contributed by atoms with Crippen molar-refractivity contribution < 1.29 is 33.7 Å². The first kappa shape index (κ1) is 23.7. The quantitative estimate of drug-likeness (QED) is 0.293. The van der Waals surface area contributed by atoms with Crippen molar-refractivity contribution in [1.29, 1.82) is 0 Å². The molecule has 0 amide bonds. The molecule has 0 aromatic heterocycles. The Kier molecular flexibility index (Phi) is 8.39. The van der Waals surface area contributed by atoms with Crippen LogP contribution in [0, 0.1) is 0 Å². The zero-order valence-electron chi connectivity index (χ0n) is 17.4. The van der Waals surface area contributed by atoms with Gasteiger partial charge in [0, 0.05) is 16.9 Å². The predicted molar refractivity (Wildman–Crippen MR) is 113 cm³/mol. The van der Waals surface area contributed by atoms with Crippen molar-refractivity contribution in [3.8, 4) is 0 Å². The number of aromatic carboxylic acids is 1. The van der Waals surface area contributed by atoms with Crippen molar-refractivity contribution >= 4 is 29.3 Å². The summed E-state index contributed by atoms with van der Waals surface area (Å²) in [6, 6.07) is 11.4. The van der Waals surface area contributed by atoms with E-state index in [2.05, 4.69) is 0 Å². The fraction of sp³-hybridized carbons (Fsp3) is 0.318. The number of nitrogens with two attached hydrogens (primary N) is 2. The number of rotatable bonds is 10. The lowest BCUT2D eigenvalue weighted by atomic mass is 9.94. The first-order valence-corrected chi connectivity index (χ1v) is 9.61. The number of carbonyl (C=O) groups excluding carboxylic acids is 2. The van der Waals surface area contributed by atoms with Gasteiger partial charge in [-0.15, -0.1) is 0 Å². The molecule has 0 saturated carbocycles. The van der Waals surface area contributed by atoms with Crippen molar-refractivity contribution in [3.05, 3.63) is 59.2 Å². The van der Waals surface area contributed by atoms with Gasteiger partial charge in [0.2, 0.25) is 0 Å². The van der Waals surface area contributed by atoms with E-state index in [-0.39, 0.29) is 36.6 Å². The second-order valence-electron chi connectivity index (χ2n) is 6.87. The molecule has 0 saturated heterocycles. The Morgan fingerprint density at radius 2 is 1.55 bits per heavy atom. The van der Waals surface area contributed by atoms with Gasteiger partial charge in [-0.05, 0) is 43.7 Å². The van der Waals surface area contributed by atoms with Gasteiger partial charge in [-0.1, -0.05) is 18.2 Å². The maximum atomic E-state index is 12.3. The summed E-state index contributed by atoms with van der Waals surface area (Å²) >= 11 is 0. The van der Waals surface area contributed by atoms with Gasteiger partial charge >= 0.3 is 17.9 Å². The standard InChI is InChI=1S/C22H26N2O7/c1-13(19-17(20(25)26)4-3-5-18(19)24)21(27)29-10-11-30-22(28)14(2)31-12-15-6-8-16(23)9-7-15/h3-9,13-14H,10-12,23-24H2,1-2H3,(H,25,26)/t13-,14+/m1/s1. The molecule has 2 atom stereocenters. The largest absolute Gasteiger partial charge is 0.478 e. The first-order valence-electron chi connectivity index (χ1n) is 9.61. The minimum absolute atomic E-state index is 0.0667. The number of carboxylic acid groups (broad SMARTS) is 1. The lowest BCUT2D eigenvalue weighted by Gasteiger charge is -2.17. The van der Waals surface area contributed by atoms with E-state index in [1.165, 1.54) is 25.1 Å². The summed E-state index contributed by atoms with van der Waals surface area (Å²) in [6.07, 6.45) is -0.811. The lowest BCUT2D eigenvalue weighted by Crippen LogP contribution is -2.26. The molecule has 9 nitrogen and oxygen atoms in total. The monoisotopic (exact) mass is 430 g/mol. The number of hydrogen-bond acceptors (Lipinski definition) is 8. The lowest BCUT2D eigenvalue weighted by molar-refractivity contribution is -0.161. The summed E-state index contributed by atoms with van der Waals surface area (Å²) in [5, 5.41) is 9.29. The van der Waals surface area contributed by atoms with Crippen molar-refractivity contribution in [2.75, 3.05) is 24.7 Å². The Bertz CT molecular complexity index is 928. The molecule has 0 spiro atoms. The Labute approximate surface area is 179 Å². The Balaban J connectivity index is 1.77. The van der Waals surface area contributed by atoms with Gasteiger partial charge in [0.05, 0.1) is 18.1 Å². The molecule has 0 heterocycles. The fourth-order valence-electron chi connectivity index (χ4n) is 2.80. The molecular weight excluding hydrogens is 404 g/mol. The van der Waals surface area contributed by atoms with Crippen LogP contribution in [0.4, 0.5) is 11.4 Å². The summed E-state index contributed by atoms with van der Waals surface area (Å²) < 4.78 is 15.6. The number of carboxylic acids is 1. The zero-order chi connectivity index (χ0) is 23.0. The molecule has 2 aromatic carbocycles. The Morgan fingerprint density at radius 3 is 2.16 bits per heavy atom. The van der Waals surface area contributed by atoms with E-state index in [9.17, 15) is 19.5 Å². The van der Waals surface area contributed by atoms with Gasteiger partial charge in [-0.2, -0.15) is 0 Å². The highest BCUT2D eigenvalue weighted by atomic mass is 16.6. The molecule has 166 valence electrons. The molecule has 0 radical (unpaired) electrons. The van der Waals surface area contributed by atoms with Gasteiger partial charge in [-0.25, -0.2) is 9.59 Å². The maximum Gasteiger partial charge on any atom is 0.336 e. The summed E-state index contributed by atoms with van der Waals surface area (Å²) in [5.74, 6) is -3.36. The van der Waals surface area contributed by atoms with E-state index in [0.29, 0.717) is 5.69 Å². The highest BCUT2D eigenvalue weighted by Gasteiger charge is 2.25. The van der Waals surface area contributed by atoms with Crippen LogP contribution >= 0.6 is 0 Å². The summed E-state index contributed by atoms with van der Waals surface area (Å²) in [6.45, 7) is 2.92. The van der Waals surface area contributed by atoms with Gasteiger partial charge < -0.3 is 30.8 Å². The molecule has 0 bridgehead atoms. The third-order valence-corrected chi connectivity index (χ3v) is 4.54. The smallest absolute Gasteiger partial charge is 0.336 e. The average molecular weight is 430 g/mol. The van der Waals surface area contributed by atoms with E-state index in [4.69, 9.17) is 25.7 Å². The third kappa shape index (κ3) is 6.71. The molecule has 5 N–H and O–H groups in total. The molecule has 31 heavy (non-hydrogen) atoms. The van der Waals surface area contributed by atoms with Crippen molar-refractivity contribution in [2.24, 2.45) is 0 Å². The molecule has 0 fully saturated rings. The van der Waals surface area contributed by atoms with Gasteiger partial charge in [0.1, 0.15) is 13.2 Å². The molecule has 2 aromatic rings. The molecule has 2 rings (SSSR count). The summed E-state index contributed by atoms with van der Waals surface area (Å²) in [7, 11) is 0. The van der Waals surface area contributed by atoms with Crippen LogP contribution in [0.3, 0.4) is 0 Å². The topological polar surface area (TPSA) is 151 Å². The molecule has 0 aliphatic heterocycles. The SMILES string of the molecule is C[C@H](OCc1ccc(N)cc1)C(=O)OCCOC(=O)[C@H](C)c1c(N)cccc1C(=O)O. The van der Waals surface area contributed by atoms with Crippen LogP contribution in [0.5, 0.6) is 0 Å². The van der Waals surface area contributed by atoms with E-state index >= 15 is 0 Å². The van der Waals surface area contributed by atoms with Crippen molar-refractivity contribution in [2.45, 2.75) is 32.5 Å². The van der Waals surface area contributed by atoms with E-state index in [0.717, 1.165) is 5.56 Å². The number of nitrogen functional groups attached to an aromatic ring is 2. The summed E-state index contributed by atoms with van der Waals surface area (Å²) in [4.78, 5) is 35.7. The number of ether oxygens (including phenoxy) is 3. The predicted octanol–water partition coefficient (Wildman–Crippen LogP) is 2.34. The first-order chi connectivity index (χ1) is 14.7. The highest BCUT2D eigenvalue weighted by Crippen LogP contribution is 2.27. The normalized spacial score (nSPS) is 12.6. The van der Waals surface area contributed by atoms with E-state index < -0.39 is 29.9 Å². The summed E-state index contributed by atoms with van der Waals surface area (Å²) in [5.41, 5.74) is 13.3. The number of benzene rings is 2. The van der Waals surface area contributed by atoms with Crippen molar-refractivity contribution in [3.63, 3.8) is 0 Å². The van der Waals surface area contributed by atoms with Gasteiger partial charge in [0.15, 0.2) is 6.10 Å². The minimum atomic E-state index is -1.19. The molecule has 0 aliphatic rings. The van der Waals surface area contributed by atoms with Crippen LogP contribution in [-0.4, -0.2) is 42.3 Å². The van der Waals surface area contributed by atoms with Crippen LogP contribution < -0.4 is 11.5 Å². The second kappa shape index (κ2) is 11.0. The fourth-order valence-corrected chi connectivity index (χ4v) is 2.80. The van der Waals surface area contributed by atoms with Crippen LogP contribution in [0.2, 0.25) is 0 Å². The second-order valence-corrected chi connectivity index (χ2v) is 6.87. The number of esters is 2. The Hall–Kier alpha value is -3.59. The molecule has 9 heteroatoms. The van der Waals surface area contributed by atoms with E-state index in [1.807, 2.05) is 0 Å². The van der Waals surface area contributed by atoms with E-state index in [1.54, 1.807) is 31.2 Å². The van der Waals surface area contributed by atoms with Crippen LogP contribution in [0.15, 0.2) is 42.5 Å². The Morgan fingerprint density at radius 1 is 0.935 bits per heavy atom. The van der Waals surface area contributed by atoms with Crippen LogP contribution in [0.25, 0.3) is 0 Å². The maximum absolute atomic E-state index is 12.3. The minimum Gasteiger partial charge on any atom is -0.478 e.